The number of halogens is 1. The normalized spacial score (nSPS) is 15.8. The number of aliphatic carboxylic acids is 1. The van der Waals surface area contributed by atoms with Crippen molar-refractivity contribution in [3.63, 3.8) is 0 Å². The van der Waals surface area contributed by atoms with Crippen molar-refractivity contribution < 1.29 is 29.0 Å². The van der Waals surface area contributed by atoms with Crippen LogP contribution in [0.1, 0.15) is 5.56 Å². The molecule has 1 saturated heterocycles. The molecule has 1 heterocycles. The zero-order valence-electron chi connectivity index (χ0n) is 12.3. The molecular weight excluding hydrogens is 372 g/mol. The fourth-order valence-corrected chi connectivity index (χ4v) is 2.53. The Balaban J connectivity index is 2.39. The Kier molecular flexibility index (Phi) is 4.89. The zero-order valence-corrected chi connectivity index (χ0v) is 13.8. The molecule has 2 N–H and O–H groups in total. The molecule has 1 fully saturated rings. The van der Waals surface area contributed by atoms with E-state index in [1.807, 2.05) is 0 Å². The summed E-state index contributed by atoms with van der Waals surface area (Å²) in [6.45, 7) is -0.703. The van der Waals surface area contributed by atoms with Crippen LogP contribution in [0.15, 0.2) is 22.3 Å². The van der Waals surface area contributed by atoms with Gasteiger partial charge in [0, 0.05) is 11.6 Å². The Labute approximate surface area is 139 Å². The van der Waals surface area contributed by atoms with E-state index in [2.05, 4.69) is 21.2 Å². The topological polar surface area (TPSA) is 105 Å². The number of nitrogens with one attached hydrogen (secondary N) is 1. The van der Waals surface area contributed by atoms with Crippen LogP contribution in [0.25, 0.3) is 6.08 Å². The van der Waals surface area contributed by atoms with Gasteiger partial charge in [0.25, 0.3) is 5.91 Å². The third kappa shape index (κ3) is 3.45. The summed E-state index contributed by atoms with van der Waals surface area (Å²) in [6.07, 6.45) is 1.41. The summed E-state index contributed by atoms with van der Waals surface area (Å²) in [5.74, 6) is -1.03. The number of urea groups is 1. The lowest BCUT2D eigenvalue weighted by atomic mass is 10.1. The number of ether oxygens (including phenoxy) is 2. The smallest absolute Gasteiger partial charge is 0.329 e. The van der Waals surface area contributed by atoms with E-state index in [9.17, 15) is 14.4 Å². The van der Waals surface area contributed by atoms with Gasteiger partial charge in [-0.1, -0.05) is 0 Å². The average Bonchev–Trinajstić information content (AvgIpc) is 2.75. The van der Waals surface area contributed by atoms with E-state index in [4.69, 9.17) is 14.6 Å². The van der Waals surface area contributed by atoms with E-state index in [0.29, 0.717) is 26.4 Å². The molecule has 0 aliphatic carbocycles. The summed E-state index contributed by atoms with van der Waals surface area (Å²) in [5.41, 5.74) is 0.479. The first-order chi connectivity index (χ1) is 10.9. The van der Waals surface area contributed by atoms with E-state index in [1.54, 1.807) is 12.1 Å². The lowest BCUT2D eigenvalue weighted by Crippen LogP contribution is -2.35. The first-order valence-electron chi connectivity index (χ1n) is 6.35. The summed E-state index contributed by atoms with van der Waals surface area (Å²) >= 11 is 3.32. The van der Waals surface area contributed by atoms with Gasteiger partial charge in [-0.25, -0.2) is 9.69 Å². The van der Waals surface area contributed by atoms with Crippen LogP contribution in [-0.2, 0) is 9.59 Å². The van der Waals surface area contributed by atoms with Crippen molar-refractivity contribution in [2.45, 2.75) is 0 Å². The maximum absolute atomic E-state index is 12.1. The highest BCUT2D eigenvalue weighted by Crippen LogP contribution is 2.34. The summed E-state index contributed by atoms with van der Waals surface area (Å²) in [7, 11) is 2.96. The molecule has 3 amide bonds. The highest BCUT2D eigenvalue weighted by atomic mass is 79.9. The number of carboxylic acids is 1. The molecule has 0 aromatic heterocycles. The molecule has 122 valence electrons. The molecule has 1 aromatic rings. The van der Waals surface area contributed by atoms with Crippen molar-refractivity contribution in [2.75, 3.05) is 20.8 Å². The Bertz CT molecular complexity index is 715. The molecule has 8 nitrogen and oxygen atoms in total. The molecule has 0 atom stereocenters. The molecule has 1 aliphatic heterocycles. The number of amides is 3. The minimum atomic E-state index is -1.28. The summed E-state index contributed by atoms with van der Waals surface area (Å²) in [5, 5.41) is 11.1. The minimum Gasteiger partial charge on any atom is -0.496 e. The molecule has 0 unspecified atom stereocenters. The van der Waals surface area contributed by atoms with Crippen molar-refractivity contribution >= 4 is 39.9 Å². The van der Waals surface area contributed by atoms with E-state index < -0.39 is 24.5 Å². The molecule has 0 spiro atoms. The minimum absolute atomic E-state index is 0.0355. The number of hydrogen-bond donors (Lipinski definition) is 2. The molecule has 2 rings (SSSR count). The maximum atomic E-state index is 12.1. The molecule has 0 saturated carbocycles. The molecule has 0 radical (unpaired) electrons. The third-order valence-electron chi connectivity index (χ3n) is 3.06. The van der Waals surface area contributed by atoms with Crippen molar-refractivity contribution in [1.29, 1.82) is 0 Å². The predicted molar refractivity (Wildman–Crippen MR) is 83.1 cm³/mol. The lowest BCUT2D eigenvalue weighted by Gasteiger charge is -2.10. The van der Waals surface area contributed by atoms with Crippen LogP contribution in [0.5, 0.6) is 11.5 Å². The van der Waals surface area contributed by atoms with Crippen LogP contribution in [0.3, 0.4) is 0 Å². The number of carbonyl (C=O) groups is 3. The second kappa shape index (κ2) is 6.69. The van der Waals surface area contributed by atoms with E-state index in [0.717, 1.165) is 0 Å². The Morgan fingerprint density at radius 1 is 1.30 bits per heavy atom. The van der Waals surface area contributed by atoms with Gasteiger partial charge in [-0.05, 0) is 28.1 Å². The fraction of sp³-hybridized carbons (Fsp3) is 0.214. The number of carbonyl (C=O) groups excluding carboxylic acids is 2. The summed E-state index contributed by atoms with van der Waals surface area (Å²) in [6, 6.07) is 2.49. The predicted octanol–water partition coefficient (Wildman–Crippen LogP) is 1.44. The highest BCUT2D eigenvalue weighted by Gasteiger charge is 2.35. The van der Waals surface area contributed by atoms with E-state index in [-0.39, 0.29) is 5.70 Å². The second-order valence-electron chi connectivity index (χ2n) is 4.50. The van der Waals surface area contributed by atoms with E-state index >= 15 is 0 Å². The van der Waals surface area contributed by atoms with E-state index in [1.165, 1.54) is 20.3 Å². The van der Waals surface area contributed by atoms with Crippen LogP contribution < -0.4 is 14.8 Å². The van der Waals surface area contributed by atoms with Gasteiger partial charge < -0.3 is 19.9 Å². The monoisotopic (exact) mass is 384 g/mol. The zero-order chi connectivity index (χ0) is 17.1. The molecule has 0 bridgehead atoms. The molecule has 23 heavy (non-hydrogen) atoms. The van der Waals surface area contributed by atoms with Crippen molar-refractivity contribution in [1.82, 2.24) is 10.2 Å². The number of hydrogen-bond acceptors (Lipinski definition) is 5. The van der Waals surface area contributed by atoms with Gasteiger partial charge in [0.15, 0.2) is 0 Å². The van der Waals surface area contributed by atoms with Gasteiger partial charge in [-0.3, -0.25) is 9.59 Å². The Morgan fingerprint density at radius 2 is 1.96 bits per heavy atom. The largest absolute Gasteiger partial charge is 0.496 e. The quantitative estimate of drug-likeness (QED) is 0.587. The SMILES string of the molecule is COc1cc(OC)c(/C=C2/NC(=O)N(CC(=O)O)C2=O)cc1Br. The van der Waals surface area contributed by atoms with Gasteiger partial charge in [0.05, 0.1) is 18.7 Å². The van der Waals surface area contributed by atoms with Crippen LogP contribution >= 0.6 is 15.9 Å². The van der Waals surface area contributed by atoms with Crippen LogP contribution in [0.2, 0.25) is 0 Å². The molecule has 1 aromatic carbocycles. The fourth-order valence-electron chi connectivity index (χ4n) is 2.00. The van der Waals surface area contributed by atoms with Gasteiger partial charge in [0.2, 0.25) is 0 Å². The molecule has 1 aliphatic rings. The van der Waals surface area contributed by atoms with Crippen LogP contribution in [0, 0.1) is 0 Å². The first kappa shape index (κ1) is 16.8. The maximum Gasteiger partial charge on any atom is 0.329 e. The summed E-state index contributed by atoms with van der Waals surface area (Å²) in [4.78, 5) is 35.1. The molecule has 9 heteroatoms. The first-order valence-corrected chi connectivity index (χ1v) is 7.14. The number of rotatable bonds is 5. The van der Waals surface area contributed by atoms with Crippen molar-refractivity contribution in [2.24, 2.45) is 0 Å². The van der Waals surface area contributed by atoms with Gasteiger partial charge >= 0.3 is 12.0 Å². The number of benzene rings is 1. The Morgan fingerprint density at radius 3 is 2.52 bits per heavy atom. The number of nitrogens with zero attached hydrogens (tertiary/aromatic N) is 1. The van der Waals surface area contributed by atoms with Crippen molar-refractivity contribution in [3.8, 4) is 11.5 Å². The highest BCUT2D eigenvalue weighted by molar-refractivity contribution is 9.10. The number of methoxy groups -OCH3 is 2. The van der Waals surface area contributed by atoms with Crippen LogP contribution in [0.4, 0.5) is 4.79 Å². The Hall–Kier alpha value is -2.55. The lowest BCUT2D eigenvalue weighted by molar-refractivity contribution is -0.140. The van der Waals surface area contributed by atoms with Crippen molar-refractivity contribution in [3.05, 3.63) is 27.9 Å². The number of carboxylic acid groups (broad SMARTS) is 1. The second-order valence-corrected chi connectivity index (χ2v) is 5.36. The van der Waals surface area contributed by atoms with Gasteiger partial charge in [-0.15, -0.1) is 0 Å². The average molecular weight is 385 g/mol. The standard InChI is InChI=1S/C14H13BrN2O6/c1-22-10-5-11(23-2)8(15)3-7(10)4-9-13(20)17(6-12(18)19)14(21)16-9/h3-5H,6H2,1-2H3,(H,16,21)(H,18,19)/b9-4+. The third-order valence-corrected chi connectivity index (χ3v) is 3.68. The van der Waals surface area contributed by atoms with Crippen LogP contribution in [-0.4, -0.2) is 48.7 Å². The van der Waals surface area contributed by atoms with Gasteiger partial charge in [0.1, 0.15) is 23.7 Å². The number of imide groups is 1. The molecular formula is C14H13BrN2O6. The summed E-state index contributed by atoms with van der Waals surface area (Å²) < 4.78 is 11.0. The van der Waals surface area contributed by atoms with Gasteiger partial charge in [-0.2, -0.15) is 0 Å².